The molecule has 0 aromatic rings. The number of nitrogens with zero attached hydrogens (tertiary/aromatic N) is 1. The maximum absolute atomic E-state index is 3.45. The number of piperidine rings is 1. The van der Waals surface area contributed by atoms with Gasteiger partial charge in [0.15, 0.2) is 0 Å². The molecule has 1 unspecified atom stereocenters. The van der Waals surface area contributed by atoms with Crippen molar-refractivity contribution in [2.75, 3.05) is 33.2 Å². The standard InChI is InChI=1S/C9H18N2.C2H6/c1-8-5-10-4-3-9(8)6-11(2)7-9;1-2/h8,10H,3-7H2,1-2H3;1-2H3. The van der Waals surface area contributed by atoms with E-state index in [2.05, 4.69) is 24.2 Å². The van der Waals surface area contributed by atoms with Gasteiger partial charge in [-0.3, -0.25) is 0 Å². The van der Waals surface area contributed by atoms with Crippen LogP contribution >= 0.6 is 0 Å². The van der Waals surface area contributed by atoms with E-state index in [4.69, 9.17) is 0 Å². The van der Waals surface area contributed by atoms with Gasteiger partial charge in [-0.05, 0) is 32.5 Å². The van der Waals surface area contributed by atoms with Gasteiger partial charge in [0.1, 0.15) is 0 Å². The highest BCUT2D eigenvalue weighted by Gasteiger charge is 2.45. The number of hydrogen-bond donors (Lipinski definition) is 1. The van der Waals surface area contributed by atoms with Crippen molar-refractivity contribution in [2.24, 2.45) is 11.3 Å². The van der Waals surface area contributed by atoms with Gasteiger partial charge in [-0.1, -0.05) is 20.8 Å². The predicted octanol–water partition coefficient (Wildman–Crippen LogP) is 1.57. The quantitative estimate of drug-likeness (QED) is 0.615. The fourth-order valence-electron chi connectivity index (χ4n) is 2.62. The summed E-state index contributed by atoms with van der Waals surface area (Å²) in [5, 5.41) is 3.45. The number of hydrogen-bond acceptors (Lipinski definition) is 2. The molecule has 1 N–H and O–H groups in total. The Morgan fingerprint density at radius 1 is 1.31 bits per heavy atom. The largest absolute Gasteiger partial charge is 0.316 e. The van der Waals surface area contributed by atoms with Gasteiger partial charge in [-0.2, -0.15) is 0 Å². The molecule has 1 spiro atoms. The van der Waals surface area contributed by atoms with Crippen LogP contribution in [0.5, 0.6) is 0 Å². The molecule has 2 rings (SSSR count). The van der Waals surface area contributed by atoms with Crippen LogP contribution in [0, 0.1) is 11.3 Å². The summed E-state index contributed by atoms with van der Waals surface area (Å²) in [6.45, 7) is 11.5. The number of rotatable bonds is 0. The summed E-state index contributed by atoms with van der Waals surface area (Å²) >= 11 is 0. The van der Waals surface area contributed by atoms with E-state index >= 15 is 0 Å². The molecule has 2 heterocycles. The van der Waals surface area contributed by atoms with Crippen LogP contribution in [0.2, 0.25) is 0 Å². The first-order valence-electron chi connectivity index (χ1n) is 5.62. The predicted molar refractivity (Wildman–Crippen MR) is 57.9 cm³/mol. The minimum atomic E-state index is 0.694. The van der Waals surface area contributed by atoms with Gasteiger partial charge in [-0.25, -0.2) is 0 Å². The number of likely N-dealkylation sites (tertiary alicyclic amines) is 1. The van der Waals surface area contributed by atoms with Gasteiger partial charge < -0.3 is 10.2 Å². The number of nitrogens with one attached hydrogen (secondary N) is 1. The molecule has 0 radical (unpaired) electrons. The summed E-state index contributed by atoms with van der Waals surface area (Å²) < 4.78 is 0. The van der Waals surface area contributed by atoms with Crippen molar-refractivity contribution in [3.8, 4) is 0 Å². The zero-order valence-electron chi connectivity index (χ0n) is 9.56. The summed E-state index contributed by atoms with van der Waals surface area (Å²) in [4.78, 5) is 2.43. The molecule has 2 aliphatic heterocycles. The van der Waals surface area contributed by atoms with Crippen molar-refractivity contribution < 1.29 is 0 Å². The second-order valence-electron chi connectivity index (χ2n) is 4.39. The smallest absolute Gasteiger partial charge is 0.00510 e. The molecule has 0 aliphatic carbocycles. The Hall–Kier alpha value is -0.0800. The SMILES string of the molecule is CC.CC1CNCCC12CN(C)C2. The van der Waals surface area contributed by atoms with E-state index in [1.54, 1.807) is 0 Å². The van der Waals surface area contributed by atoms with Crippen molar-refractivity contribution in [1.29, 1.82) is 0 Å². The highest BCUT2D eigenvalue weighted by atomic mass is 15.2. The molecule has 0 saturated carbocycles. The Kier molecular flexibility index (Phi) is 3.74. The van der Waals surface area contributed by atoms with E-state index in [0.717, 1.165) is 5.92 Å². The molecule has 1 atom stereocenters. The molecule has 78 valence electrons. The Bertz CT molecular complexity index is 145. The van der Waals surface area contributed by atoms with Crippen LogP contribution < -0.4 is 5.32 Å². The highest BCUT2D eigenvalue weighted by molar-refractivity contribution is 4.99. The van der Waals surface area contributed by atoms with Crippen LogP contribution in [0.4, 0.5) is 0 Å². The first-order chi connectivity index (χ1) is 6.23. The zero-order chi connectivity index (χ0) is 9.90. The molecular weight excluding hydrogens is 160 g/mol. The summed E-state index contributed by atoms with van der Waals surface area (Å²) in [5.74, 6) is 0.882. The maximum atomic E-state index is 3.45. The Morgan fingerprint density at radius 3 is 2.38 bits per heavy atom. The summed E-state index contributed by atoms with van der Waals surface area (Å²) in [6.07, 6.45) is 1.39. The fourth-order valence-corrected chi connectivity index (χ4v) is 2.62. The van der Waals surface area contributed by atoms with Crippen molar-refractivity contribution in [2.45, 2.75) is 27.2 Å². The molecule has 2 heteroatoms. The molecular formula is C11H24N2. The zero-order valence-corrected chi connectivity index (χ0v) is 9.56. The highest BCUT2D eigenvalue weighted by Crippen LogP contribution is 2.41. The molecule has 0 bridgehead atoms. The van der Waals surface area contributed by atoms with Gasteiger partial charge in [0.05, 0.1) is 0 Å². The summed E-state index contributed by atoms with van der Waals surface area (Å²) in [5.41, 5.74) is 0.694. The van der Waals surface area contributed by atoms with Crippen molar-refractivity contribution in [3.05, 3.63) is 0 Å². The first-order valence-corrected chi connectivity index (χ1v) is 5.62. The molecule has 2 nitrogen and oxygen atoms in total. The third kappa shape index (κ3) is 2.05. The van der Waals surface area contributed by atoms with Crippen LogP contribution in [0.3, 0.4) is 0 Å². The second kappa shape index (κ2) is 4.43. The van der Waals surface area contributed by atoms with E-state index < -0.39 is 0 Å². The molecule has 0 amide bonds. The molecule has 2 saturated heterocycles. The lowest BCUT2D eigenvalue weighted by Gasteiger charge is -2.54. The molecule has 2 aliphatic rings. The third-order valence-electron chi connectivity index (χ3n) is 3.47. The second-order valence-corrected chi connectivity index (χ2v) is 4.39. The lowest BCUT2D eigenvalue weighted by atomic mass is 9.66. The van der Waals surface area contributed by atoms with Crippen molar-refractivity contribution in [1.82, 2.24) is 10.2 Å². The average Bonchev–Trinajstić information content (AvgIpc) is 2.11. The average molecular weight is 184 g/mol. The van der Waals surface area contributed by atoms with Crippen molar-refractivity contribution in [3.63, 3.8) is 0 Å². The summed E-state index contributed by atoms with van der Waals surface area (Å²) in [7, 11) is 2.22. The van der Waals surface area contributed by atoms with Crippen LogP contribution in [-0.4, -0.2) is 38.1 Å². The van der Waals surface area contributed by atoms with Gasteiger partial charge in [-0.15, -0.1) is 0 Å². The van der Waals surface area contributed by atoms with Gasteiger partial charge >= 0.3 is 0 Å². The molecule has 0 aromatic heterocycles. The van der Waals surface area contributed by atoms with E-state index in [9.17, 15) is 0 Å². The molecule has 2 fully saturated rings. The Labute approximate surface area is 82.7 Å². The lowest BCUT2D eigenvalue weighted by molar-refractivity contribution is -0.0438. The monoisotopic (exact) mass is 184 g/mol. The maximum Gasteiger partial charge on any atom is 0.00510 e. The van der Waals surface area contributed by atoms with Crippen LogP contribution in [0.15, 0.2) is 0 Å². The lowest BCUT2D eigenvalue weighted by Crippen LogP contribution is -2.62. The summed E-state index contributed by atoms with van der Waals surface area (Å²) in [6, 6.07) is 0. The van der Waals surface area contributed by atoms with E-state index in [1.807, 2.05) is 13.8 Å². The third-order valence-corrected chi connectivity index (χ3v) is 3.47. The van der Waals surface area contributed by atoms with E-state index in [0.29, 0.717) is 5.41 Å². The minimum absolute atomic E-state index is 0.694. The Morgan fingerprint density at radius 2 is 1.92 bits per heavy atom. The van der Waals surface area contributed by atoms with Gasteiger partial charge in [0.2, 0.25) is 0 Å². The van der Waals surface area contributed by atoms with Crippen LogP contribution in [-0.2, 0) is 0 Å². The van der Waals surface area contributed by atoms with Crippen LogP contribution in [0.1, 0.15) is 27.2 Å². The fraction of sp³-hybridized carbons (Fsp3) is 1.00. The first kappa shape index (κ1) is 11.0. The molecule has 13 heavy (non-hydrogen) atoms. The van der Waals surface area contributed by atoms with Crippen LogP contribution in [0.25, 0.3) is 0 Å². The minimum Gasteiger partial charge on any atom is -0.316 e. The van der Waals surface area contributed by atoms with E-state index in [-0.39, 0.29) is 0 Å². The topological polar surface area (TPSA) is 15.3 Å². The van der Waals surface area contributed by atoms with Gasteiger partial charge in [0, 0.05) is 18.5 Å². The van der Waals surface area contributed by atoms with E-state index in [1.165, 1.54) is 32.6 Å². The van der Waals surface area contributed by atoms with Gasteiger partial charge in [0.25, 0.3) is 0 Å². The van der Waals surface area contributed by atoms with Crippen molar-refractivity contribution >= 4 is 0 Å². The molecule has 0 aromatic carbocycles. The normalized spacial score (nSPS) is 31.8. The Balaban J connectivity index is 0.000000396.